The second kappa shape index (κ2) is 5.57. The Labute approximate surface area is 110 Å². The largest absolute Gasteiger partial charge is 0.374 e. The number of hydrogen-bond donors (Lipinski definition) is 2. The fourth-order valence-electron chi connectivity index (χ4n) is 3.28. The van der Waals surface area contributed by atoms with Gasteiger partial charge in [-0.15, -0.1) is 0 Å². The van der Waals surface area contributed by atoms with Crippen LogP contribution < -0.4 is 10.6 Å². The fourth-order valence-corrected chi connectivity index (χ4v) is 3.28. The van der Waals surface area contributed by atoms with Gasteiger partial charge in [0.15, 0.2) is 0 Å². The van der Waals surface area contributed by atoms with Crippen LogP contribution in [-0.4, -0.2) is 37.2 Å². The number of hydrogen-bond acceptors (Lipinski definition) is 3. The van der Waals surface area contributed by atoms with Gasteiger partial charge < -0.3 is 15.4 Å². The summed E-state index contributed by atoms with van der Waals surface area (Å²) in [7, 11) is 0. The van der Waals surface area contributed by atoms with Crippen molar-refractivity contribution in [1.82, 2.24) is 10.6 Å². The molecule has 0 aromatic rings. The Kier molecular flexibility index (Phi) is 4.28. The molecule has 18 heavy (non-hydrogen) atoms. The molecule has 4 heteroatoms. The predicted octanol–water partition coefficient (Wildman–Crippen LogP) is 1.16. The lowest BCUT2D eigenvalue weighted by Gasteiger charge is -2.30. The van der Waals surface area contributed by atoms with Crippen LogP contribution >= 0.6 is 0 Å². The third-order valence-electron chi connectivity index (χ3n) is 4.46. The van der Waals surface area contributed by atoms with Gasteiger partial charge in [-0.3, -0.25) is 4.79 Å². The molecule has 0 radical (unpaired) electrons. The first kappa shape index (κ1) is 13.8. The Morgan fingerprint density at radius 2 is 1.89 bits per heavy atom. The SMILES string of the molecule is CC1CNCC(NC(=O)C2C(C)OC(C)C2C)C1. The summed E-state index contributed by atoms with van der Waals surface area (Å²) in [4.78, 5) is 12.4. The minimum absolute atomic E-state index is 0.00256. The molecule has 2 saturated heterocycles. The van der Waals surface area contributed by atoms with Crippen molar-refractivity contribution in [2.45, 2.75) is 52.4 Å². The van der Waals surface area contributed by atoms with Crippen molar-refractivity contribution < 1.29 is 9.53 Å². The lowest BCUT2D eigenvalue weighted by molar-refractivity contribution is -0.128. The average Bonchev–Trinajstić information content (AvgIpc) is 2.53. The van der Waals surface area contributed by atoms with E-state index in [1.165, 1.54) is 0 Å². The topological polar surface area (TPSA) is 50.4 Å². The first-order valence-corrected chi connectivity index (χ1v) is 7.15. The number of rotatable bonds is 2. The van der Waals surface area contributed by atoms with Gasteiger partial charge in [-0.25, -0.2) is 0 Å². The van der Waals surface area contributed by atoms with Gasteiger partial charge in [0.25, 0.3) is 0 Å². The summed E-state index contributed by atoms with van der Waals surface area (Å²) in [5, 5.41) is 6.56. The van der Waals surface area contributed by atoms with Crippen molar-refractivity contribution in [1.29, 1.82) is 0 Å². The van der Waals surface area contributed by atoms with Crippen LogP contribution in [0.25, 0.3) is 0 Å². The second-order valence-electron chi connectivity index (χ2n) is 6.14. The van der Waals surface area contributed by atoms with Crippen molar-refractivity contribution in [2.75, 3.05) is 13.1 Å². The zero-order valence-corrected chi connectivity index (χ0v) is 11.9. The van der Waals surface area contributed by atoms with Crippen molar-refractivity contribution in [2.24, 2.45) is 17.8 Å². The van der Waals surface area contributed by atoms with E-state index in [1.807, 2.05) is 6.92 Å². The molecule has 2 fully saturated rings. The minimum atomic E-state index is -0.00256. The molecule has 2 aliphatic heterocycles. The molecule has 0 spiro atoms. The summed E-state index contributed by atoms with van der Waals surface area (Å²) in [5.74, 6) is 1.10. The van der Waals surface area contributed by atoms with E-state index in [9.17, 15) is 4.79 Å². The number of nitrogens with one attached hydrogen (secondary N) is 2. The Bertz CT molecular complexity index is 308. The van der Waals surface area contributed by atoms with Crippen LogP contribution in [0.2, 0.25) is 0 Å². The predicted molar refractivity (Wildman–Crippen MR) is 71.2 cm³/mol. The standard InChI is InChI=1S/C14H26N2O2/c1-8-5-12(7-15-6-8)16-14(17)13-9(2)10(3)18-11(13)4/h8-13,15H,5-7H2,1-4H3,(H,16,17). The summed E-state index contributed by atoms with van der Waals surface area (Å²) >= 11 is 0. The second-order valence-corrected chi connectivity index (χ2v) is 6.14. The van der Waals surface area contributed by atoms with E-state index >= 15 is 0 Å². The molecule has 6 unspecified atom stereocenters. The highest BCUT2D eigenvalue weighted by atomic mass is 16.5. The van der Waals surface area contributed by atoms with E-state index in [2.05, 4.69) is 31.4 Å². The van der Waals surface area contributed by atoms with Crippen molar-refractivity contribution in [3.05, 3.63) is 0 Å². The van der Waals surface area contributed by atoms with Gasteiger partial charge in [0.05, 0.1) is 18.1 Å². The molecule has 6 atom stereocenters. The van der Waals surface area contributed by atoms with Gasteiger partial charge in [-0.1, -0.05) is 13.8 Å². The maximum Gasteiger partial charge on any atom is 0.226 e. The van der Waals surface area contributed by atoms with E-state index < -0.39 is 0 Å². The Balaban J connectivity index is 1.91. The summed E-state index contributed by atoms with van der Waals surface area (Å²) < 4.78 is 5.74. The summed E-state index contributed by atoms with van der Waals surface area (Å²) in [6.45, 7) is 10.3. The first-order valence-electron chi connectivity index (χ1n) is 7.15. The molecule has 2 heterocycles. The van der Waals surface area contributed by atoms with Crippen LogP contribution in [0.5, 0.6) is 0 Å². The monoisotopic (exact) mass is 254 g/mol. The molecular formula is C14H26N2O2. The lowest BCUT2D eigenvalue weighted by Crippen LogP contribution is -2.51. The molecule has 0 aromatic carbocycles. The zero-order chi connectivity index (χ0) is 13.3. The molecule has 0 bridgehead atoms. The summed E-state index contributed by atoms with van der Waals surface area (Å²) in [6, 6.07) is 0.275. The van der Waals surface area contributed by atoms with E-state index in [0.29, 0.717) is 11.8 Å². The Morgan fingerprint density at radius 3 is 2.44 bits per heavy atom. The quantitative estimate of drug-likeness (QED) is 0.777. The molecule has 104 valence electrons. The normalized spacial score (nSPS) is 44.9. The van der Waals surface area contributed by atoms with Gasteiger partial charge in [-0.2, -0.15) is 0 Å². The molecule has 4 nitrogen and oxygen atoms in total. The van der Waals surface area contributed by atoms with Crippen LogP contribution in [0.4, 0.5) is 0 Å². The van der Waals surface area contributed by atoms with E-state index in [4.69, 9.17) is 4.74 Å². The third kappa shape index (κ3) is 2.86. The molecule has 2 N–H and O–H groups in total. The highest BCUT2D eigenvalue weighted by Crippen LogP contribution is 2.32. The van der Waals surface area contributed by atoms with Crippen LogP contribution in [0.15, 0.2) is 0 Å². The van der Waals surface area contributed by atoms with Gasteiger partial charge in [-0.05, 0) is 38.6 Å². The lowest BCUT2D eigenvalue weighted by atomic mass is 9.88. The van der Waals surface area contributed by atoms with E-state index in [0.717, 1.165) is 19.5 Å². The Hall–Kier alpha value is -0.610. The van der Waals surface area contributed by atoms with E-state index in [-0.39, 0.29) is 30.1 Å². The number of ether oxygens (including phenoxy) is 1. The molecule has 2 aliphatic rings. The maximum atomic E-state index is 12.4. The van der Waals surface area contributed by atoms with Crippen molar-refractivity contribution >= 4 is 5.91 Å². The highest BCUT2D eigenvalue weighted by molar-refractivity contribution is 5.80. The number of carbonyl (C=O) groups is 1. The number of carbonyl (C=O) groups excluding carboxylic acids is 1. The van der Waals surface area contributed by atoms with Gasteiger partial charge >= 0.3 is 0 Å². The van der Waals surface area contributed by atoms with Crippen LogP contribution in [0, 0.1) is 17.8 Å². The molecule has 0 saturated carbocycles. The fraction of sp³-hybridized carbons (Fsp3) is 0.929. The third-order valence-corrected chi connectivity index (χ3v) is 4.46. The van der Waals surface area contributed by atoms with Gasteiger partial charge in [0.1, 0.15) is 0 Å². The minimum Gasteiger partial charge on any atom is -0.374 e. The molecule has 2 rings (SSSR count). The Morgan fingerprint density at radius 1 is 1.17 bits per heavy atom. The number of piperidine rings is 1. The van der Waals surface area contributed by atoms with Gasteiger partial charge in [0, 0.05) is 12.6 Å². The summed E-state index contributed by atoms with van der Waals surface area (Å²) in [6.07, 6.45) is 1.29. The average molecular weight is 254 g/mol. The van der Waals surface area contributed by atoms with Crippen molar-refractivity contribution in [3.63, 3.8) is 0 Å². The molecular weight excluding hydrogens is 228 g/mol. The zero-order valence-electron chi connectivity index (χ0n) is 11.9. The highest BCUT2D eigenvalue weighted by Gasteiger charge is 2.42. The van der Waals surface area contributed by atoms with Crippen LogP contribution in [0.1, 0.15) is 34.1 Å². The van der Waals surface area contributed by atoms with Crippen LogP contribution in [-0.2, 0) is 9.53 Å². The molecule has 1 amide bonds. The molecule has 0 aromatic heterocycles. The first-order chi connectivity index (χ1) is 8.49. The number of amides is 1. The van der Waals surface area contributed by atoms with Gasteiger partial charge in [0.2, 0.25) is 5.91 Å². The molecule has 0 aliphatic carbocycles. The van der Waals surface area contributed by atoms with E-state index in [1.54, 1.807) is 0 Å². The maximum absolute atomic E-state index is 12.4. The van der Waals surface area contributed by atoms with Crippen LogP contribution in [0.3, 0.4) is 0 Å². The summed E-state index contributed by atoms with van der Waals surface area (Å²) in [5.41, 5.74) is 0. The smallest absolute Gasteiger partial charge is 0.226 e. The van der Waals surface area contributed by atoms with Crippen molar-refractivity contribution in [3.8, 4) is 0 Å².